The monoisotopic (exact) mass is 306 g/mol. The van der Waals surface area contributed by atoms with Crippen LogP contribution in [0.15, 0.2) is 35.6 Å². The van der Waals surface area contributed by atoms with E-state index in [0.29, 0.717) is 22.4 Å². The Hall–Kier alpha value is -2.39. The van der Waals surface area contributed by atoms with Crippen LogP contribution in [0.25, 0.3) is 11.0 Å². The second kappa shape index (κ2) is 4.86. The van der Waals surface area contributed by atoms with Gasteiger partial charge in [-0.25, -0.2) is 18.1 Å². The van der Waals surface area contributed by atoms with Gasteiger partial charge in [-0.3, -0.25) is 4.68 Å². The van der Waals surface area contributed by atoms with Gasteiger partial charge in [0.15, 0.2) is 0 Å². The smallest absolute Gasteiger partial charge is 0.243 e. The number of fused-ring (bicyclic) bond motifs is 1. The molecule has 0 saturated heterocycles. The van der Waals surface area contributed by atoms with Crippen molar-refractivity contribution in [3.05, 3.63) is 36.3 Å². The fourth-order valence-electron chi connectivity index (χ4n) is 2.03. The molecule has 0 amide bonds. The van der Waals surface area contributed by atoms with Crippen molar-refractivity contribution in [3.63, 3.8) is 0 Å². The van der Waals surface area contributed by atoms with Gasteiger partial charge in [0, 0.05) is 36.9 Å². The number of H-pyrrole nitrogens is 1. The summed E-state index contributed by atoms with van der Waals surface area (Å²) >= 11 is 0. The molecule has 8 nitrogen and oxygen atoms in total. The van der Waals surface area contributed by atoms with Crippen LogP contribution in [0.3, 0.4) is 0 Å². The molecule has 21 heavy (non-hydrogen) atoms. The van der Waals surface area contributed by atoms with Crippen LogP contribution in [0.4, 0.5) is 5.82 Å². The number of sulfonamides is 1. The van der Waals surface area contributed by atoms with E-state index in [9.17, 15) is 8.42 Å². The van der Waals surface area contributed by atoms with Crippen LogP contribution >= 0.6 is 0 Å². The molecule has 0 saturated carbocycles. The van der Waals surface area contributed by atoms with Crippen molar-refractivity contribution in [1.29, 1.82) is 0 Å². The van der Waals surface area contributed by atoms with E-state index >= 15 is 0 Å². The number of nitrogens with one attached hydrogen (secondary N) is 2. The minimum Gasteiger partial charge on any atom is -0.384 e. The van der Waals surface area contributed by atoms with Crippen molar-refractivity contribution in [3.8, 4) is 0 Å². The molecule has 0 fully saturated rings. The highest BCUT2D eigenvalue weighted by molar-refractivity contribution is 7.89. The third-order valence-electron chi connectivity index (χ3n) is 3.22. The van der Waals surface area contributed by atoms with Gasteiger partial charge in [-0.05, 0) is 12.1 Å². The second-order valence-electron chi connectivity index (χ2n) is 4.56. The number of anilines is 1. The molecule has 0 atom stereocenters. The SMILES string of the molecule is Cn1ncc(CNS(=O)(=O)c2c[nH]c3ncccc23)c1N. The van der Waals surface area contributed by atoms with Gasteiger partial charge in [-0.2, -0.15) is 5.10 Å². The second-order valence-corrected chi connectivity index (χ2v) is 6.29. The van der Waals surface area contributed by atoms with Gasteiger partial charge in [-0.15, -0.1) is 0 Å². The first-order chi connectivity index (χ1) is 9.99. The maximum Gasteiger partial charge on any atom is 0.243 e. The number of nitrogen functional groups attached to an aromatic ring is 1. The minimum absolute atomic E-state index is 0.0783. The van der Waals surface area contributed by atoms with Crippen LogP contribution in [0, 0.1) is 0 Å². The van der Waals surface area contributed by atoms with Crippen LogP contribution in [-0.2, 0) is 23.6 Å². The summed E-state index contributed by atoms with van der Waals surface area (Å²) in [6, 6.07) is 3.39. The maximum absolute atomic E-state index is 12.4. The van der Waals surface area contributed by atoms with Gasteiger partial charge in [0.25, 0.3) is 0 Å². The molecular weight excluding hydrogens is 292 g/mol. The molecule has 3 aromatic rings. The lowest BCUT2D eigenvalue weighted by atomic mass is 10.3. The van der Waals surface area contributed by atoms with E-state index < -0.39 is 10.0 Å². The van der Waals surface area contributed by atoms with Crippen LogP contribution in [-0.4, -0.2) is 28.2 Å². The summed E-state index contributed by atoms with van der Waals surface area (Å²) < 4.78 is 28.7. The highest BCUT2D eigenvalue weighted by Crippen LogP contribution is 2.21. The molecule has 3 aromatic heterocycles. The minimum atomic E-state index is -3.66. The summed E-state index contributed by atoms with van der Waals surface area (Å²) in [4.78, 5) is 7.07. The molecule has 0 bridgehead atoms. The Morgan fingerprint density at radius 3 is 3.00 bits per heavy atom. The first-order valence-corrected chi connectivity index (χ1v) is 7.65. The van der Waals surface area contributed by atoms with E-state index in [1.54, 1.807) is 25.4 Å². The fourth-order valence-corrected chi connectivity index (χ4v) is 3.20. The lowest BCUT2D eigenvalue weighted by molar-refractivity contribution is 0.582. The molecule has 0 unspecified atom stereocenters. The third-order valence-corrected chi connectivity index (χ3v) is 4.66. The lowest BCUT2D eigenvalue weighted by Gasteiger charge is -2.05. The Kier molecular flexibility index (Phi) is 3.15. The van der Waals surface area contributed by atoms with Gasteiger partial charge in [-0.1, -0.05) is 0 Å². The first-order valence-electron chi connectivity index (χ1n) is 6.17. The number of aromatic nitrogens is 4. The van der Waals surface area contributed by atoms with Gasteiger partial charge in [0.1, 0.15) is 16.4 Å². The van der Waals surface area contributed by atoms with Gasteiger partial charge >= 0.3 is 0 Å². The van der Waals surface area contributed by atoms with E-state index in [4.69, 9.17) is 5.73 Å². The van der Waals surface area contributed by atoms with Gasteiger partial charge < -0.3 is 10.7 Å². The molecule has 4 N–H and O–H groups in total. The maximum atomic E-state index is 12.4. The molecule has 0 aliphatic carbocycles. The Labute approximate surface area is 121 Å². The number of pyridine rings is 1. The van der Waals surface area contributed by atoms with Crippen LogP contribution in [0.2, 0.25) is 0 Å². The molecule has 0 aliphatic rings. The largest absolute Gasteiger partial charge is 0.384 e. The Bertz CT molecular complexity index is 896. The Morgan fingerprint density at radius 1 is 1.48 bits per heavy atom. The summed E-state index contributed by atoms with van der Waals surface area (Å²) in [5.74, 6) is 0.429. The summed E-state index contributed by atoms with van der Waals surface area (Å²) in [6.07, 6.45) is 4.56. The normalized spacial score (nSPS) is 12.0. The molecule has 110 valence electrons. The summed E-state index contributed by atoms with van der Waals surface area (Å²) in [5, 5.41) is 4.52. The fraction of sp³-hybridized carbons (Fsp3) is 0.167. The van der Waals surface area contributed by atoms with Crippen molar-refractivity contribution >= 4 is 26.9 Å². The average molecular weight is 306 g/mol. The van der Waals surface area contributed by atoms with Crippen molar-refractivity contribution in [2.75, 3.05) is 5.73 Å². The number of aromatic amines is 1. The predicted molar refractivity (Wildman–Crippen MR) is 77.7 cm³/mol. The molecule has 0 aromatic carbocycles. The Morgan fingerprint density at radius 2 is 2.29 bits per heavy atom. The van der Waals surface area contributed by atoms with E-state index in [1.807, 2.05) is 0 Å². The molecule has 9 heteroatoms. The molecular formula is C12H14N6O2S. The Balaban J connectivity index is 1.89. The number of nitrogens with two attached hydrogens (primary N) is 1. The van der Waals surface area contributed by atoms with Crippen molar-refractivity contribution in [2.45, 2.75) is 11.4 Å². The van der Waals surface area contributed by atoms with Gasteiger partial charge in [0.05, 0.1) is 6.20 Å². The van der Waals surface area contributed by atoms with E-state index in [0.717, 1.165) is 0 Å². The molecule has 0 aliphatic heterocycles. The summed E-state index contributed by atoms with van der Waals surface area (Å²) in [5.41, 5.74) is 6.94. The van der Waals surface area contributed by atoms with E-state index in [1.165, 1.54) is 17.1 Å². The number of hydrogen-bond donors (Lipinski definition) is 3. The quantitative estimate of drug-likeness (QED) is 0.643. The van der Waals surface area contributed by atoms with Crippen LogP contribution < -0.4 is 10.5 Å². The average Bonchev–Trinajstić information content (AvgIpc) is 3.03. The zero-order valence-electron chi connectivity index (χ0n) is 11.2. The van der Waals surface area contributed by atoms with Crippen LogP contribution in [0.1, 0.15) is 5.56 Å². The highest BCUT2D eigenvalue weighted by atomic mass is 32.2. The van der Waals surface area contributed by atoms with Crippen molar-refractivity contribution < 1.29 is 8.42 Å². The van der Waals surface area contributed by atoms with Crippen molar-refractivity contribution in [1.82, 2.24) is 24.5 Å². The number of hydrogen-bond acceptors (Lipinski definition) is 5. The van der Waals surface area contributed by atoms with Crippen molar-refractivity contribution in [2.24, 2.45) is 7.05 Å². The third kappa shape index (κ3) is 2.36. The summed E-state index contributed by atoms with van der Waals surface area (Å²) in [7, 11) is -1.97. The molecule has 3 heterocycles. The first kappa shape index (κ1) is 13.6. The molecule has 0 radical (unpaired) electrons. The van der Waals surface area contributed by atoms with E-state index in [-0.39, 0.29) is 11.4 Å². The number of aryl methyl sites for hydroxylation is 1. The lowest BCUT2D eigenvalue weighted by Crippen LogP contribution is -2.23. The van der Waals surface area contributed by atoms with Crippen LogP contribution in [0.5, 0.6) is 0 Å². The standard InChI is InChI=1S/C12H14N6O2S/c1-18-11(13)8(5-16-18)6-17-21(19,20)10-7-15-12-9(10)3-2-4-14-12/h2-5,7,17H,6,13H2,1H3,(H,14,15). The topological polar surface area (TPSA) is 119 Å². The number of nitrogens with zero attached hydrogens (tertiary/aromatic N) is 3. The summed E-state index contributed by atoms with van der Waals surface area (Å²) in [6.45, 7) is 0.0783. The molecule has 0 spiro atoms. The zero-order chi connectivity index (χ0) is 15.0. The van der Waals surface area contributed by atoms with E-state index in [2.05, 4.69) is 19.8 Å². The number of rotatable bonds is 4. The van der Waals surface area contributed by atoms with Gasteiger partial charge in [0.2, 0.25) is 10.0 Å². The molecule has 3 rings (SSSR count). The predicted octanol–water partition coefficient (Wildman–Crippen LogP) is 0.357. The highest BCUT2D eigenvalue weighted by Gasteiger charge is 2.19. The zero-order valence-corrected chi connectivity index (χ0v) is 12.1.